The van der Waals surface area contributed by atoms with E-state index < -0.39 is 5.97 Å². The van der Waals surface area contributed by atoms with Gasteiger partial charge < -0.3 is 20.5 Å². The van der Waals surface area contributed by atoms with Gasteiger partial charge in [0.1, 0.15) is 0 Å². The topological polar surface area (TPSA) is 91.9 Å². The fourth-order valence-corrected chi connectivity index (χ4v) is 0.362. The second-order valence-corrected chi connectivity index (χ2v) is 2.20. The van der Waals surface area contributed by atoms with Crippen molar-refractivity contribution in [3.05, 3.63) is 0 Å². The summed E-state index contributed by atoms with van der Waals surface area (Å²) < 4.78 is 0. The molecule has 76 valence electrons. The van der Waals surface area contributed by atoms with Gasteiger partial charge >= 0.3 is 0 Å². The maximum Gasteiger partial charge on any atom is 0.0430 e. The highest BCUT2D eigenvalue weighted by atomic mass is 16.4. The lowest BCUT2D eigenvalue weighted by molar-refractivity contribution is -0.305. The van der Waals surface area contributed by atoms with Crippen molar-refractivity contribution in [1.29, 1.82) is 0 Å². The first-order chi connectivity index (χ1) is 5.18. The van der Waals surface area contributed by atoms with E-state index in [-0.39, 0.29) is 11.9 Å². The van der Waals surface area contributed by atoms with E-state index in [0.29, 0.717) is 13.0 Å². The van der Waals surface area contributed by atoms with Crippen LogP contribution in [0.5, 0.6) is 0 Å². The van der Waals surface area contributed by atoms with Crippen LogP contribution < -0.4 is 5.11 Å². The molecule has 0 aliphatic carbocycles. The Bertz CT molecular complexity index is 81.1. The highest BCUT2D eigenvalue weighted by Gasteiger charge is 1.75. The molecule has 12 heavy (non-hydrogen) atoms. The third-order valence-electron chi connectivity index (χ3n) is 0.966. The predicted molar refractivity (Wildman–Crippen MR) is 45.5 cm³/mol. The third-order valence-corrected chi connectivity index (χ3v) is 0.966. The molecule has 0 aliphatic heterocycles. The van der Waals surface area contributed by atoms with Crippen molar-refractivity contribution in [2.45, 2.75) is 39.5 Å². The Morgan fingerprint density at radius 3 is 1.83 bits per heavy atom. The minimum absolute atomic E-state index is 0. The fourth-order valence-electron chi connectivity index (χ4n) is 0.362. The second-order valence-electron chi connectivity index (χ2n) is 2.20. The number of carboxylic acids is 1. The molecule has 3 N–H and O–H groups in total. The van der Waals surface area contributed by atoms with E-state index in [2.05, 4.69) is 6.92 Å². The standard InChI is InChI=1S/C4H8O2.C4H10O.H2O/c1-2-3-4(5)6;1-2-3-4-5;/h2-3H2,1H3,(H,5,6);5H,2-4H2,1H3;1H2/p-1. The van der Waals surface area contributed by atoms with Crippen molar-refractivity contribution < 1.29 is 20.5 Å². The summed E-state index contributed by atoms with van der Waals surface area (Å²) in [5, 5.41) is 17.6. The summed E-state index contributed by atoms with van der Waals surface area (Å²) in [5.41, 5.74) is 0. The van der Waals surface area contributed by atoms with Gasteiger partial charge in [-0.3, -0.25) is 0 Å². The molecule has 0 saturated heterocycles. The van der Waals surface area contributed by atoms with Crippen LogP contribution >= 0.6 is 0 Å². The summed E-state index contributed by atoms with van der Waals surface area (Å²) >= 11 is 0. The smallest absolute Gasteiger partial charge is 0.0430 e. The van der Waals surface area contributed by atoms with Crippen molar-refractivity contribution in [2.75, 3.05) is 6.61 Å². The summed E-state index contributed by atoms with van der Waals surface area (Å²) in [7, 11) is 0. The molecule has 0 saturated carbocycles. The van der Waals surface area contributed by atoms with Crippen molar-refractivity contribution in [3.8, 4) is 0 Å². The zero-order valence-corrected chi connectivity index (χ0v) is 7.80. The molecule has 4 nitrogen and oxygen atoms in total. The van der Waals surface area contributed by atoms with Crippen molar-refractivity contribution in [2.24, 2.45) is 0 Å². The van der Waals surface area contributed by atoms with Crippen molar-refractivity contribution in [3.63, 3.8) is 0 Å². The molecule has 0 radical (unpaired) electrons. The number of carbonyl (C=O) groups excluding carboxylic acids is 1. The number of aliphatic hydroxyl groups is 1. The van der Waals surface area contributed by atoms with E-state index in [4.69, 9.17) is 5.11 Å². The SMILES string of the molecule is CCCC(=O)[O-].CCCCO.O. The molecule has 0 aromatic carbocycles. The molecule has 0 heterocycles. The monoisotopic (exact) mass is 179 g/mol. The molecular formula is C8H19O4-. The molecule has 0 atom stereocenters. The Morgan fingerprint density at radius 1 is 1.33 bits per heavy atom. The number of aliphatic hydroxyl groups excluding tert-OH is 1. The zero-order chi connectivity index (χ0) is 9.11. The van der Waals surface area contributed by atoms with Crippen LogP contribution in [-0.2, 0) is 4.79 Å². The molecule has 0 aromatic rings. The first-order valence-corrected chi connectivity index (χ1v) is 3.99. The van der Waals surface area contributed by atoms with E-state index in [9.17, 15) is 9.90 Å². The average molecular weight is 179 g/mol. The molecule has 0 rings (SSSR count). The molecular weight excluding hydrogens is 160 g/mol. The van der Waals surface area contributed by atoms with Gasteiger partial charge in [-0.25, -0.2) is 0 Å². The number of rotatable bonds is 4. The highest BCUT2D eigenvalue weighted by Crippen LogP contribution is 1.79. The van der Waals surface area contributed by atoms with Crippen LogP contribution in [0.1, 0.15) is 39.5 Å². The summed E-state index contributed by atoms with van der Waals surface area (Å²) in [6.07, 6.45) is 2.89. The van der Waals surface area contributed by atoms with Crippen molar-refractivity contribution in [1.82, 2.24) is 0 Å². The molecule has 4 heteroatoms. The van der Waals surface area contributed by atoms with Crippen LogP contribution in [0, 0.1) is 0 Å². The summed E-state index contributed by atoms with van der Waals surface area (Å²) in [6, 6.07) is 0. The van der Waals surface area contributed by atoms with Gasteiger partial charge in [0.2, 0.25) is 0 Å². The lowest BCUT2D eigenvalue weighted by Crippen LogP contribution is -2.20. The van der Waals surface area contributed by atoms with Gasteiger partial charge in [-0.15, -0.1) is 0 Å². The van der Waals surface area contributed by atoms with Gasteiger partial charge in [0.15, 0.2) is 0 Å². The lowest BCUT2D eigenvalue weighted by atomic mass is 10.4. The second kappa shape index (κ2) is 16.8. The van der Waals surface area contributed by atoms with E-state index >= 15 is 0 Å². The highest BCUT2D eigenvalue weighted by molar-refractivity contribution is 5.63. The molecule has 0 unspecified atom stereocenters. The minimum atomic E-state index is -0.961. The first kappa shape index (κ1) is 17.5. The number of carbonyl (C=O) groups is 1. The lowest BCUT2D eigenvalue weighted by Gasteiger charge is -1.92. The summed E-state index contributed by atoms with van der Waals surface area (Å²) in [6.45, 7) is 4.20. The van der Waals surface area contributed by atoms with Gasteiger partial charge in [-0.2, -0.15) is 0 Å². The van der Waals surface area contributed by atoms with Crippen LogP contribution in [0.15, 0.2) is 0 Å². The zero-order valence-electron chi connectivity index (χ0n) is 7.80. The largest absolute Gasteiger partial charge is 0.550 e. The van der Waals surface area contributed by atoms with Crippen molar-refractivity contribution >= 4 is 5.97 Å². The summed E-state index contributed by atoms with van der Waals surface area (Å²) in [5.74, 6) is -0.961. The van der Waals surface area contributed by atoms with Crippen LogP contribution in [0.2, 0.25) is 0 Å². The van der Waals surface area contributed by atoms with E-state index in [1.165, 1.54) is 0 Å². The third kappa shape index (κ3) is 34.3. The van der Waals surface area contributed by atoms with Gasteiger partial charge in [0, 0.05) is 12.6 Å². The van der Waals surface area contributed by atoms with E-state index in [0.717, 1.165) is 12.8 Å². The van der Waals surface area contributed by atoms with Gasteiger partial charge in [-0.1, -0.05) is 26.7 Å². The number of carboxylic acid groups (broad SMARTS) is 1. The van der Waals surface area contributed by atoms with Crippen LogP contribution in [0.4, 0.5) is 0 Å². The molecule has 0 fully saturated rings. The maximum absolute atomic E-state index is 9.49. The molecule has 0 aromatic heterocycles. The van der Waals surface area contributed by atoms with Crippen LogP contribution in [0.3, 0.4) is 0 Å². The van der Waals surface area contributed by atoms with Crippen LogP contribution in [0.25, 0.3) is 0 Å². The molecule has 0 bridgehead atoms. The number of hydrogen-bond donors (Lipinski definition) is 1. The van der Waals surface area contributed by atoms with Gasteiger partial charge in [0.05, 0.1) is 0 Å². The number of aliphatic carboxylic acids is 1. The van der Waals surface area contributed by atoms with Gasteiger partial charge in [0.25, 0.3) is 0 Å². The number of unbranched alkanes of at least 4 members (excludes halogenated alkanes) is 1. The Labute approximate surface area is 73.5 Å². The maximum atomic E-state index is 9.49. The van der Waals surface area contributed by atoms with Crippen LogP contribution in [-0.4, -0.2) is 23.2 Å². The van der Waals surface area contributed by atoms with E-state index in [1.54, 1.807) is 6.92 Å². The quantitative estimate of drug-likeness (QED) is 0.630. The predicted octanol–water partition coefficient (Wildman–Crippen LogP) is -0.509. The first-order valence-electron chi connectivity index (χ1n) is 3.99. The molecule has 0 aliphatic rings. The Morgan fingerprint density at radius 2 is 1.83 bits per heavy atom. The molecule has 0 spiro atoms. The normalized spacial score (nSPS) is 7.58. The summed E-state index contributed by atoms with van der Waals surface area (Å²) in [4.78, 5) is 9.49. The minimum Gasteiger partial charge on any atom is -0.550 e. The molecule has 0 amide bonds. The Kier molecular flexibility index (Phi) is 24.4. The average Bonchev–Trinajstić information content (AvgIpc) is 1.90. The van der Waals surface area contributed by atoms with E-state index in [1.807, 2.05) is 0 Å². The number of hydrogen-bond acceptors (Lipinski definition) is 3. The Hall–Kier alpha value is -0.610. The Balaban J connectivity index is -0.000000126. The fraction of sp³-hybridized carbons (Fsp3) is 0.875. The van der Waals surface area contributed by atoms with Gasteiger partial charge in [-0.05, 0) is 12.8 Å².